The second-order valence-electron chi connectivity index (χ2n) is 3.33. The predicted octanol–water partition coefficient (Wildman–Crippen LogP) is -0.0293. The van der Waals surface area contributed by atoms with Crippen LogP contribution in [0.25, 0.3) is 0 Å². The van der Waals surface area contributed by atoms with Gasteiger partial charge in [-0.15, -0.1) is 0 Å². The zero-order valence-electron chi connectivity index (χ0n) is 6.68. The molecular formula is C8H14N2O. The van der Waals surface area contributed by atoms with E-state index in [0.29, 0.717) is 5.91 Å². The predicted molar refractivity (Wildman–Crippen MR) is 42.2 cm³/mol. The van der Waals surface area contributed by atoms with Crippen molar-refractivity contribution in [2.24, 2.45) is 0 Å². The average Bonchev–Trinajstić information content (AvgIpc) is 2.32. The Morgan fingerprint density at radius 1 is 1.36 bits per heavy atom. The van der Waals surface area contributed by atoms with Gasteiger partial charge < -0.3 is 10.2 Å². The summed E-state index contributed by atoms with van der Waals surface area (Å²) < 4.78 is 0. The Morgan fingerprint density at radius 3 is 2.64 bits per heavy atom. The third-order valence-electron chi connectivity index (χ3n) is 2.53. The zero-order valence-corrected chi connectivity index (χ0v) is 6.68. The monoisotopic (exact) mass is 154 g/mol. The first-order valence-corrected chi connectivity index (χ1v) is 4.40. The van der Waals surface area contributed by atoms with Crippen LogP contribution in [-0.2, 0) is 4.79 Å². The fourth-order valence-electron chi connectivity index (χ4n) is 1.65. The highest BCUT2D eigenvalue weighted by Crippen LogP contribution is 2.13. The lowest BCUT2D eigenvalue weighted by Crippen LogP contribution is -2.49. The number of carbonyl (C=O) groups excluding carboxylic acids is 1. The molecule has 0 radical (unpaired) electrons. The van der Waals surface area contributed by atoms with Crippen molar-refractivity contribution < 1.29 is 4.79 Å². The third kappa shape index (κ3) is 1.25. The highest BCUT2D eigenvalue weighted by Gasteiger charge is 2.29. The molecule has 0 aliphatic carbocycles. The number of hydrogen-bond acceptors (Lipinski definition) is 2. The fourth-order valence-corrected chi connectivity index (χ4v) is 1.65. The summed E-state index contributed by atoms with van der Waals surface area (Å²) in [5.74, 6) is 0.328. The standard InChI is InChI=1S/C8H14N2O/c11-8(10-5-2-6-10)7-3-1-4-9-7/h7,9H,1-6H2. The quantitative estimate of drug-likeness (QED) is 0.575. The van der Waals surface area contributed by atoms with Crippen LogP contribution in [-0.4, -0.2) is 36.5 Å². The first kappa shape index (κ1) is 7.10. The van der Waals surface area contributed by atoms with Gasteiger partial charge in [0.05, 0.1) is 6.04 Å². The molecule has 0 aromatic carbocycles. The van der Waals surface area contributed by atoms with E-state index in [-0.39, 0.29) is 6.04 Å². The summed E-state index contributed by atoms with van der Waals surface area (Å²) in [6.45, 7) is 2.98. The molecule has 1 N–H and O–H groups in total. The van der Waals surface area contributed by atoms with Crippen LogP contribution in [0.2, 0.25) is 0 Å². The summed E-state index contributed by atoms with van der Waals surface area (Å²) in [5, 5.41) is 3.21. The Hall–Kier alpha value is -0.570. The highest BCUT2D eigenvalue weighted by atomic mass is 16.2. The second kappa shape index (κ2) is 2.81. The molecule has 0 aromatic rings. The molecule has 2 fully saturated rings. The summed E-state index contributed by atoms with van der Waals surface area (Å²) in [4.78, 5) is 13.4. The highest BCUT2D eigenvalue weighted by molar-refractivity contribution is 5.82. The first-order chi connectivity index (χ1) is 5.38. The summed E-state index contributed by atoms with van der Waals surface area (Å²) in [6.07, 6.45) is 3.39. The third-order valence-corrected chi connectivity index (χ3v) is 2.53. The Labute approximate surface area is 66.8 Å². The van der Waals surface area contributed by atoms with Gasteiger partial charge in [0.15, 0.2) is 0 Å². The van der Waals surface area contributed by atoms with E-state index >= 15 is 0 Å². The summed E-state index contributed by atoms with van der Waals surface area (Å²) in [6, 6.07) is 0.148. The van der Waals surface area contributed by atoms with Crippen molar-refractivity contribution in [3.63, 3.8) is 0 Å². The van der Waals surface area contributed by atoms with Crippen LogP contribution in [0.4, 0.5) is 0 Å². The van der Waals surface area contributed by atoms with Gasteiger partial charge in [0, 0.05) is 13.1 Å². The molecule has 2 rings (SSSR count). The maximum atomic E-state index is 11.5. The molecule has 2 aliphatic heterocycles. The minimum Gasteiger partial charge on any atom is -0.341 e. The number of amides is 1. The van der Waals surface area contributed by atoms with Crippen LogP contribution in [0, 0.1) is 0 Å². The van der Waals surface area contributed by atoms with Crippen LogP contribution in [0.15, 0.2) is 0 Å². The summed E-state index contributed by atoms with van der Waals surface area (Å²) >= 11 is 0. The lowest BCUT2D eigenvalue weighted by molar-refractivity contribution is -0.136. The molecule has 0 saturated carbocycles. The van der Waals surface area contributed by atoms with E-state index in [1.165, 1.54) is 6.42 Å². The van der Waals surface area contributed by atoms with E-state index in [4.69, 9.17) is 0 Å². The first-order valence-electron chi connectivity index (χ1n) is 4.40. The van der Waals surface area contributed by atoms with E-state index < -0.39 is 0 Å². The number of hydrogen-bond donors (Lipinski definition) is 1. The number of nitrogens with one attached hydrogen (secondary N) is 1. The molecule has 1 unspecified atom stereocenters. The maximum absolute atomic E-state index is 11.5. The van der Waals surface area contributed by atoms with Crippen LogP contribution in [0.3, 0.4) is 0 Å². The molecule has 2 aliphatic rings. The molecule has 1 amide bonds. The largest absolute Gasteiger partial charge is 0.341 e. The van der Waals surface area contributed by atoms with Crippen molar-refractivity contribution in [3.8, 4) is 0 Å². The fraction of sp³-hybridized carbons (Fsp3) is 0.875. The van der Waals surface area contributed by atoms with Crippen LogP contribution in [0.1, 0.15) is 19.3 Å². The molecule has 2 heterocycles. The Morgan fingerprint density at radius 2 is 2.18 bits per heavy atom. The molecule has 3 nitrogen and oxygen atoms in total. The average molecular weight is 154 g/mol. The van der Waals surface area contributed by atoms with E-state index in [2.05, 4.69) is 5.32 Å². The van der Waals surface area contributed by atoms with Crippen molar-refractivity contribution >= 4 is 5.91 Å². The van der Waals surface area contributed by atoms with Gasteiger partial charge >= 0.3 is 0 Å². The molecule has 1 atom stereocenters. The van der Waals surface area contributed by atoms with Crippen LogP contribution < -0.4 is 5.32 Å². The van der Waals surface area contributed by atoms with Crippen LogP contribution in [0.5, 0.6) is 0 Å². The molecule has 0 aromatic heterocycles. The lowest BCUT2D eigenvalue weighted by Gasteiger charge is -2.33. The molecule has 0 spiro atoms. The zero-order chi connectivity index (χ0) is 7.68. The molecular weight excluding hydrogens is 140 g/mol. The number of likely N-dealkylation sites (tertiary alicyclic amines) is 1. The van der Waals surface area contributed by atoms with Crippen molar-refractivity contribution in [2.75, 3.05) is 19.6 Å². The van der Waals surface area contributed by atoms with Gasteiger partial charge in [0.2, 0.25) is 5.91 Å². The smallest absolute Gasteiger partial charge is 0.239 e. The molecule has 2 saturated heterocycles. The number of carbonyl (C=O) groups is 1. The van der Waals surface area contributed by atoms with Gasteiger partial charge in [-0.25, -0.2) is 0 Å². The van der Waals surface area contributed by atoms with Gasteiger partial charge in [-0.3, -0.25) is 4.79 Å². The van der Waals surface area contributed by atoms with Crippen molar-refractivity contribution in [1.29, 1.82) is 0 Å². The normalized spacial score (nSPS) is 30.2. The minimum absolute atomic E-state index is 0.148. The molecule has 3 heteroatoms. The van der Waals surface area contributed by atoms with Crippen molar-refractivity contribution in [2.45, 2.75) is 25.3 Å². The topological polar surface area (TPSA) is 32.3 Å². The SMILES string of the molecule is O=C(C1CCCN1)N1CCC1. The van der Waals surface area contributed by atoms with E-state index in [1.54, 1.807) is 0 Å². The van der Waals surface area contributed by atoms with Gasteiger partial charge in [-0.05, 0) is 25.8 Å². The lowest BCUT2D eigenvalue weighted by atomic mass is 10.1. The van der Waals surface area contributed by atoms with Gasteiger partial charge in [0.1, 0.15) is 0 Å². The van der Waals surface area contributed by atoms with E-state index in [1.807, 2.05) is 4.90 Å². The summed E-state index contributed by atoms with van der Waals surface area (Å²) in [5.41, 5.74) is 0. The number of nitrogens with zero attached hydrogens (tertiary/aromatic N) is 1. The molecule has 0 bridgehead atoms. The van der Waals surface area contributed by atoms with Crippen LogP contribution >= 0.6 is 0 Å². The Balaban J connectivity index is 1.87. The van der Waals surface area contributed by atoms with Gasteiger partial charge in [-0.2, -0.15) is 0 Å². The minimum atomic E-state index is 0.148. The van der Waals surface area contributed by atoms with Crippen molar-refractivity contribution in [1.82, 2.24) is 10.2 Å². The number of rotatable bonds is 1. The van der Waals surface area contributed by atoms with E-state index in [0.717, 1.165) is 32.5 Å². The Bertz CT molecular complexity index is 159. The van der Waals surface area contributed by atoms with E-state index in [9.17, 15) is 4.79 Å². The molecule has 62 valence electrons. The second-order valence-corrected chi connectivity index (χ2v) is 3.33. The maximum Gasteiger partial charge on any atom is 0.239 e. The van der Waals surface area contributed by atoms with Crippen molar-refractivity contribution in [3.05, 3.63) is 0 Å². The molecule has 11 heavy (non-hydrogen) atoms. The van der Waals surface area contributed by atoms with Gasteiger partial charge in [0.25, 0.3) is 0 Å². The Kier molecular flexibility index (Phi) is 1.82. The van der Waals surface area contributed by atoms with Gasteiger partial charge in [-0.1, -0.05) is 0 Å². The summed E-state index contributed by atoms with van der Waals surface area (Å²) in [7, 11) is 0.